The van der Waals surface area contributed by atoms with E-state index in [0.717, 1.165) is 25.1 Å². The fourth-order valence-electron chi connectivity index (χ4n) is 1.62. The predicted molar refractivity (Wildman–Crippen MR) is 83.4 cm³/mol. The van der Waals surface area contributed by atoms with E-state index in [-0.39, 0.29) is 6.61 Å². The lowest BCUT2D eigenvalue weighted by Crippen LogP contribution is -2.24. The quantitative estimate of drug-likeness (QED) is 0.613. The second kappa shape index (κ2) is 10.5. The van der Waals surface area contributed by atoms with E-state index in [4.69, 9.17) is 9.47 Å². The number of ether oxygens (including phenoxy) is 2. The molecule has 120 valence electrons. The normalized spacial score (nSPS) is 12.6. The van der Waals surface area contributed by atoms with Gasteiger partial charge < -0.3 is 19.9 Å². The van der Waals surface area contributed by atoms with Crippen LogP contribution in [0.25, 0.3) is 0 Å². The Kier molecular flexibility index (Phi) is 8.98. The number of unbranched alkanes of at least 4 members (excludes halogenated alkanes) is 1. The Labute approximate surface area is 127 Å². The maximum Gasteiger partial charge on any atom is 0.137 e. The Morgan fingerprint density at radius 1 is 1.29 bits per heavy atom. The lowest BCUT2D eigenvalue weighted by molar-refractivity contribution is 0.0112. The van der Waals surface area contributed by atoms with E-state index < -0.39 is 6.10 Å². The van der Waals surface area contributed by atoms with E-state index >= 15 is 0 Å². The van der Waals surface area contributed by atoms with Gasteiger partial charge in [-0.2, -0.15) is 0 Å². The maximum atomic E-state index is 9.73. The molecule has 0 aliphatic carbocycles. The van der Waals surface area contributed by atoms with Crippen LogP contribution >= 0.6 is 0 Å². The summed E-state index contributed by atoms with van der Waals surface area (Å²) in [6.45, 7) is 8.26. The molecular formula is C16H28N2O3. The molecule has 0 aliphatic rings. The van der Waals surface area contributed by atoms with E-state index in [1.165, 1.54) is 0 Å². The van der Waals surface area contributed by atoms with Crippen molar-refractivity contribution in [3.63, 3.8) is 0 Å². The van der Waals surface area contributed by atoms with Crippen molar-refractivity contribution in [2.24, 2.45) is 0 Å². The second-order valence-electron chi connectivity index (χ2n) is 5.41. The molecule has 21 heavy (non-hydrogen) atoms. The lowest BCUT2D eigenvalue weighted by atomic mass is 10.3. The minimum Gasteiger partial charge on any atom is -0.489 e. The topological polar surface area (TPSA) is 63.6 Å². The van der Waals surface area contributed by atoms with Crippen molar-refractivity contribution in [3.05, 3.63) is 24.0 Å². The van der Waals surface area contributed by atoms with Gasteiger partial charge in [-0.15, -0.1) is 0 Å². The Morgan fingerprint density at radius 2 is 2.10 bits per heavy atom. The van der Waals surface area contributed by atoms with Gasteiger partial charge in [0, 0.05) is 19.2 Å². The molecule has 1 aromatic rings. The van der Waals surface area contributed by atoms with E-state index in [2.05, 4.69) is 31.1 Å². The Morgan fingerprint density at radius 3 is 2.71 bits per heavy atom. The Bertz CT molecular complexity index is 368. The first-order chi connectivity index (χ1) is 10.1. The summed E-state index contributed by atoms with van der Waals surface area (Å²) in [6, 6.07) is 4.23. The SMILES string of the molecule is CCCCOCC(O)COc1ccc(CNC(C)C)nc1. The molecule has 0 saturated carbocycles. The van der Waals surface area contributed by atoms with Gasteiger partial charge >= 0.3 is 0 Å². The molecule has 0 radical (unpaired) electrons. The maximum absolute atomic E-state index is 9.73. The highest BCUT2D eigenvalue weighted by atomic mass is 16.5. The molecule has 0 aliphatic heterocycles. The Hall–Kier alpha value is -1.17. The zero-order valence-electron chi connectivity index (χ0n) is 13.3. The van der Waals surface area contributed by atoms with Crippen molar-refractivity contribution in [2.45, 2.75) is 52.3 Å². The van der Waals surface area contributed by atoms with Crippen LogP contribution < -0.4 is 10.1 Å². The van der Waals surface area contributed by atoms with Crippen molar-refractivity contribution in [1.29, 1.82) is 0 Å². The molecule has 0 bridgehead atoms. The summed E-state index contributed by atoms with van der Waals surface area (Å²) < 4.78 is 10.8. The molecule has 1 rings (SSSR count). The molecule has 5 nitrogen and oxygen atoms in total. The van der Waals surface area contributed by atoms with Gasteiger partial charge in [-0.25, -0.2) is 0 Å². The predicted octanol–water partition coefficient (Wildman–Crippen LogP) is 2.14. The fourth-order valence-corrected chi connectivity index (χ4v) is 1.62. The summed E-state index contributed by atoms with van der Waals surface area (Å²) in [4.78, 5) is 4.31. The number of hydrogen-bond acceptors (Lipinski definition) is 5. The first-order valence-electron chi connectivity index (χ1n) is 7.68. The van der Waals surface area contributed by atoms with Crippen molar-refractivity contribution < 1.29 is 14.6 Å². The zero-order chi connectivity index (χ0) is 15.5. The lowest BCUT2D eigenvalue weighted by Gasteiger charge is -2.13. The largest absolute Gasteiger partial charge is 0.489 e. The number of nitrogens with zero attached hydrogens (tertiary/aromatic N) is 1. The zero-order valence-corrected chi connectivity index (χ0v) is 13.3. The van der Waals surface area contributed by atoms with Crippen LogP contribution in [0, 0.1) is 0 Å². The minimum atomic E-state index is -0.607. The van der Waals surface area contributed by atoms with Crippen LogP contribution in [0.3, 0.4) is 0 Å². The number of pyridine rings is 1. The fraction of sp³-hybridized carbons (Fsp3) is 0.688. The molecule has 1 unspecified atom stereocenters. The molecular weight excluding hydrogens is 268 g/mol. The smallest absolute Gasteiger partial charge is 0.137 e. The number of rotatable bonds is 11. The van der Waals surface area contributed by atoms with E-state index in [1.54, 1.807) is 6.20 Å². The van der Waals surface area contributed by atoms with Gasteiger partial charge in [0.25, 0.3) is 0 Å². The molecule has 0 aromatic carbocycles. The van der Waals surface area contributed by atoms with Crippen LogP contribution in [0.5, 0.6) is 5.75 Å². The third kappa shape index (κ3) is 8.65. The van der Waals surface area contributed by atoms with Crippen LogP contribution in [-0.4, -0.2) is 42.1 Å². The van der Waals surface area contributed by atoms with Crippen LogP contribution in [0.1, 0.15) is 39.3 Å². The molecule has 1 heterocycles. The monoisotopic (exact) mass is 296 g/mol. The van der Waals surface area contributed by atoms with E-state index in [9.17, 15) is 5.11 Å². The molecule has 0 amide bonds. The summed E-state index contributed by atoms with van der Waals surface area (Å²) >= 11 is 0. The average Bonchev–Trinajstić information content (AvgIpc) is 2.48. The molecule has 0 fully saturated rings. The minimum absolute atomic E-state index is 0.220. The van der Waals surface area contributed by atoms with Crippen molar-refractivity contribution >= 4 is 0 Å². The van der Waals surface area contributed by atoms with Gasteiger partial charge in [0.05, 0.1) is 18.5 Å². The second-order valence-corrected chi connectivity index (χ2v) is 5.41. The van der Waals surface area contributed by atoms with Crippen LogP contribution in [-0.2, 0) is 11.3 Å². The highest BCUT2D eigenvalue weighted by Gasteiger charge is 2.06. The van der Waals surface area contributed by atoms with Gasteiger partial charge in [0.2, 0.25) is 0 Å². The van der Waals surface area contributed by atoms with Gasteiger partial charge in [-0.3, -0.25) is 4.98 Å². The number of aliphatic hydroxyl groups excluding tert-OH is 1. The van der Waals surface area contributed by atoms with Crippen molar-refractivity contribution in [1.82, 2.24) is 10.3 Å². The highest BCUT2D eigenvalue weighted by molar-refractivity contribution is 5.19. The standard InChI is InChI=1S/C16H28N2O3/c1-4-5-8-20-11-15(19)12-21-16-7-6-14(18-10-16)9-17-13(2)3/h6-7,10,13,15,17,19H,4-5,8-9,11-12H2,1-3H3. The summed E-state index contributed by atoms with van der Waals surface area (Å²) in [5.74, 6) is 0.663. The van der Waals surface area contributed by atoms with E-state index in [0.29, 0.717) is 25.0 Å². The molecule has 2 N–H and O–H groups in total. The number of aromatic nitrogens is 1. The first kappa shape index (κ1) is 17.9. The Balaban J connectivity index is 2.22. The van der Waals surface area contributed by atoms with Crippen molar-refractivity contribution in [3.8, 4) is 5.75 Å². The van der Waals surface area contributed by atoms with Gasteiger partial charge in [0.1, 0.15) is 18.5 Å². The van der Waals surface area contributed by atoms with Gasteiger partial charge in [-0.1, -0.05) is 27.2 Å². The number of hydrogen-bond donors (Lipinski definition) is 2. The third-order valence-corrected chi connectivity index (χ3v) is 2.88. The number of aliphatic hydroxyl groups is 1. The molecule has 1 atom stereocenters. The molecule has 5 heteroatoms. The molecule has 0 saturated heterocycles. The van der Waals surface area contributed by atoms with Crippen molar-refractivity contribution in [2.75, 3.05) is 19.8 Å². The van der Waals surface area contributed by atoms with Gasteiger partial charge in [0.15, 0.2) is 0 Å². The van der Waals surface area contributed by atoms with Gasteiger partial charge in [-0.05, 0) is 18.6 Å². The first-order valence-corrected chi connectivity index (χ1v) is 7.68. The van der Waals surface area contributed by atoms with Crippen LogP contribution in [0.2, 0.25) is 0 Å². The third-order valence-electron chi connectivity index (χ3n) is 2.88. The summed E-state index contributed by atoms with van der Waals surface area (Å²) in [6.07, 6.45) is 3.19. The highest BCUT2D eigenvalue weighted by Crippen LogP contribution is 2.09. The van der Waals surface area contributed by atoms with Crippen LogP contribution in [0.15, 0.2) is 18.3 Å². The van der Waals surface area contributed by atoms with E-state index in [1.807, 2.05) is 12.1 Å². The summed E-state index contributed by atoms with van der Waals surface area (Å²) in [5.41, 5.74) is 0.972. The average molecular weight is 296 g/mol. The summed E-state index contributed by atoms with van der Waals surface area (Å²) in [5, 5.41) is 13.0. The summed E-state index contributed by atoms with van der Waals surface area (Å²) in [7, 11) is 0. The molecule has 1 aromatic heterocycles. The van der Waals surface area contributed by atoms with Crippen LogP contribution in [0.4, 0.5) is 0 Å². The molecule has 0 spiro atoms. The number of nitrogens with one attached hydrogen (secondary N) is 1.